The van der Waals surface area contributed by atoms with Crippen LogP contribution in [0.1, 0.15) is 22.3 Å². The second-order valence-corrected chi connectivity index (χ2v) is 6.44. The Hall–Kier alpha value is -4.25. The molecule has 3 aromatic carbocycles. The van der Waals surface area contributed by atoms with Crippen molar-refractivity contribution in [1.82, 2.24) is 0 Å². The Morgan fingerprint density at radius 2 is 1.50 bits per heavy atom. The number of allylic oxidation sites excluding steroid dienone is 2. The summed E-state index contributed by atoms with van der Waals surface area (Å²) in [5.41, 5.74) is 11.0. The average molecular weight is 395 g/mol. The summed E-state index contributed by atoms with van der Waals surface area (Å²) in [6.07, 6.45) is 7.08. The predicted molar refractivity (Wildman–Crippen MR) is 123 cm³/mol. The average Bonchev–Trinajstić information content (AvgIpc) is 2.78. The summed E-state index contributed by atoms with van der Waals surface area (Å²) in [5, 5.41) is 10.7. The first kappa shape index (κ1) is 20.5. The Morgan fingerprint density at radius 3 is 2.10 bits per heavy atom. The Morgan fingerprint density at radius 1 is 0.900 bits per heavy atom. The maximum absolute atomic E-state index is 10.7. The highest BCUT2D eigenvalue weighted by Gasteiger charge is 2.05. The smallest absolute Gasteiger partial charge is 0.269 e. The van der Waals surface area contributed by atoms with Crippen molar-refractivity contribution in [2.75, 3.05) is 0 Å². The molecule has 3 rings (SSSR count). The third kappa shape index (κ3) is 5.17. The van der Waals surface area contributed by atoms with Gasteiger partial charge in [0.15, 0.2) is 0 Å². The molecule has 0 heterocycles. The minimum atomic E-state index is -0.430. The highest BCUT2D eigenvalue weighted by molar-refractivity contribution is 5.98. The second kappa shape index (κ2) is 9.80. The van der Waals surface area contributed by atoms with Gasteiger partial charge in [-0.05, 0) is 40.5 Å². The van der Waals surface area contributed by atoms with Crippen LogP contribution in [0.4, 0.5) is 5.69 Å². The van der Waals surface area contributed by atoms with E-state index >= 15 is 0 Å². The number of aliphatic imine (C=N–C) groups is 1. The van der Waals surface area contributed by atoms with E-state index in [4.69, 9.17) is 5.73 Å². The van der Waals surface area contributed by atoms with Gasteiger partial charge in [0.2, 0.25) is 0 Å². The molecule has 5 heteroatoms. The van der Waals surface area contributed by atoms with Crippen LogP contribution in [0.3, 0.4) is 0 Å². The fraction of sp³-hybridized carbons (Fsp3) is 0. The van der Waals surface area contributed by atoms with Crippen LogP contribution in [0.5, 0.6) is 0 Å². The number of nitro benzene ring substituents is 1. The molecule has 3 aromatic rings. The summed E-state index contributed by atoms with van der Waals surface area (Å²) in [7, 11) is 0. The van der Waals surface area contributed by atoms with Crippen LogP contribution in [0.2, 0.25) is 0 Å². The Labute approximate surface area is 175 Å². The van der Waals surface area contributed by atoms with Crippen molar-refractivity contribution in [3.63, 3.8) is 0 Å². The molecule has 0 aliphatic heterocycles. The zero-order chi connectivity index (χ0) is 21.3. The molecule has 0 aliphatic carbocycles. The molecular formula is C25H21N3O2. The zero-order valence-electron chi connectivity index (χ0n) is 16.3. The van der Waals surface area contributed by atoms with E-state index in [1.165, 1.54) is 12.1 Å². The zero-order valence-corrected chi connectivity index (χ0v) is 16.3. The third-order valence-electron chi connectivity index (χ3n) is 4.45. The van der Waals surface area contributed by atoms with Crippen molar-refractivity contribution in [1.29, 1.82) is 0 Å². The Kier molecular flexibility index (Phi) is 6.69. The molecule has 0 aromatic heterocycles. The first-order chi connectivity index (χ1) is 14.6. The quantitative estimate of drug-likeness (QED) is 0.186. The second-order valence-electron chi connectivity index (χ2n) is 6.44. The normalized spacial score (nSPS) is 12.1. The highest BCUT2D eigenvalue weighted by Crippen LogP contribution is 2.23. The number of rotatable bonds is 7. The predicted octanol–water partition coefficient (Wildman–Crippen LogP) is 5.59. The van der Waals surface area contributed by atoms with Crippen LogP contribution >= 0.6 is 0 Å². The topological polar surface area (TPSA) is 81.5 Å². The minimum Gasteiger partial charge on any atom is -0.383 e. The van der Waals surface area contributed by atoms with Crippen LogP contribution in [-0.2, 0) is 0 Å². The number of hydrogen-bond acceptors (Lipinski definition) is 3. The van der Waals surface area contributed by atoms with E-state index < -0.39 is 4.92 Å². The summed E-state index contributed by atoms with van der Waals surface area (Å²) < 4.78 is 0. The van der Waals surface area contributed by atoms with Gasteiger partial charge in [0.1, 0.15) is 5.84 Å². The van der Waals surface area contributed by atoms with Gasteiger partial charge in [0.05, 0.1) is 4.92 Å². The lowest BCUT2D eigenvalue weighted by Crippen LogP contribution is -2.12. The van der Waals surface area contributed by atoms with Crippen LogP contribution < -0.4 is 5.73 Å². The fourth-order valence-electron chi connectivity index (χ4n) is 2.90. The van der Waals surface area contributed by atoms with Crippen molar-refractivity contribution in [3.8, 4) is 0 Å². The van der Waals surface area contributed by atoms with Gasteiger partial charge >= 0.3 is 0 Å². The molecule has 0 saturated carbocycles. The molecule has 0 spiro atoms. The molecule has 0 bridgehead atoms. The van der Waals surface area contributed by atoms with Crippen LogP contribution in [0, 0.1) is 10.1 Å². The van der Waals surface area contributed by atoms with Crippen molar-refractivity contribution < 1.29 is 4.92 Å². The molecule has 5 nitrogen and oxygen atoms in total. The van der Waals surface area contributed by atoms with Gasteiger partial charge in [0, 0.05) is 23.9 Å². The summed E-state index contributed by atoms with van der Waals surface area (Å²) in [6, 6.07) is 24.2. The van der Waals surface area contributed by atoms with Gasteiger partial charge < -0.3 is 5.73 Å². The Balaban J connectivity index is 1.75. The van der Waals surface area contributed by atoms with Gasteiger partial charge in [-0.3, -0.25) is 10.1 Å². The van der Waals surface area contributed by atoms with Crippen molar-refractivity contribution in [3.05, 3.63) is 136 Å². The van der Waals surface area contributed by atoms with E-state index in [1.54, 1.807) is 30.5 Å². The fourth-order valence-corrected chi connectivity index (χ4v) is 2.90. The largest absolute Gasteiger partial charge is 0.383 e. The molecule has 0 unspecified atom stereocenters. The lowest BCUT2D eigenvalue weighted by Gasteiger charge is -2.09. The lowest BCUT2D eigenvalue weighted by molar-refractivity contribution is -0.384. The lowest BCUT2D eigenvalue weighted by atomic mass is 9.96. The summed E-state index contributed by atoms with van der Waals surface area (Å²) in [5.74, 6) is 0.383. The number of nitrogens with zero attached hydrogens (tertiary/aromatic N) is 2. The van der Waals surface area contributed by atoms with E-state index in [0.717, 1.165) is 27.8 Å². The van der Waals surface area contributed by atoms with Gasteiger partial charge in [-0.25, -0.2) is 4.99 Å². The molecule has 2 N–H and O–H groups in total. The molecule has 0 fully saturated rings. The molecule has 0 radical (unpaired) electrons. The van der Waals surface area contributed by atoms with E-state index in [9.17, 15) is 10.1 Å². The maximum atomic E-state index is 10.7. The van der Waals surface area contributed by atoms with Gasteiger partial charge in [-0.1, -0.05) is 73.3 Å². The number of non-ortho nitro benzene ring substituents is 1. The molecule has 148 valence electrons. The van der Waals surface area contributed by atoms with Crippen LogP contribution in [-0.4, -0.2) is 10.8 Å². The highest BCUT2D eigenvalue weighted by atomic mass is 16.6. The van der Waals surface area contributed by atoms with E-state index in [0.29, 0.717) is 5.84 Å². The number of benzene rings is 3. The van der Waals surface area contributed by atoms with Crippen LogP contribution in [0.15, 0.2) is 109 Å². The first-order valence-electron chi connectivity index (χ1n) is 9.31. The Bertz CT molecular complexity index is 1110. The molecule has 0 saturated heterocycles. The van der Waals surface area contributed by atoms with E-state index in [1.807, 2.05) is 48.5 Å². The number of amidine groups is 1. The summed E-state index contributed by atoms with van der Waals surface area (Å²) in [4.78, 5) is 14.5. The van der Waals surface area contributed by atoms with Crippen molar-refractivity contribution >= 4 is 23.2 Å². The molecule has 0 aliphatic rings. The summed E-state index contributed by atoms with van der Waals surface area (Å²) in [6.45, 7) is 3.81. The third-order valence-corrected chi connectivity index (χ3v) is 4.45. The molecular weight excluding hydrogens is 374 g/mol. The minimum absolute atomic E-state index is 0.0515. The van der Waals surface area contributed by atoms with E-state index in [2.05, 4.69) is 23.7 Å². The van der Waals surface area contributed by atoms with Crippen molar-refractivity contribution in [2.45, 2.75) is 0 Å². The van der Waals surface area contributed by atoms with Crippen molar-refractivity contribution in [2.24, 2.45) is 10.7 Å². The first-order valence-corrected chi connectivity index (χ1v) is 9.31. The summed E-state index contributed by atoms with van der Waals surface area (Å²) >= 11 is 0. The number of hydrogen-bond donors (Lipinski definition) is 1. The standard InChI is InChI=1S/C25H21N3O2/c1-2-6-24(20-7-4-3-5-8-20)21-11-13-22(14-12-21)25(26)27-18-17-19-9-15-23(16-10-19)28(29)30/h2-18H,1H2,(H2,26,27)/b18-17+,24-6+. The monoisotopic (exact) mass is 395 g/mol. The SMILES string of the molecule is C=C/C=C(\c1ccccc1)c1ccc(C(N)=N/C=C/c2ccc([N+](=O)[O-])cc2)cc1. The maximum Gasteiger partial charge on any atom is 0.269 e. The van der Waals surface area contributed by atoms with Gasteiger partial charge in [-0.2, -0.15) is 0 Å². The van der Waals surface area contributed by atoms with Gasteiger partial charge in [-0.15, -0.1) is 0 Å². The van der Waals surface area contributed by atoms with Gasteiger partial charge in [0.25, 0.3) is 5.69 Å². The number of nitrogens with two attached hydrogens (primary N) is 1. The number of nitro groups is 1. The van der Waals surface area contributed by atoms with E-state index in [-0.39, 0.29) is 5.69 Å². The molecule has 0 atom stereocenters. The van der Waals surface area contributed by atoms with Crippen LogP contribution in [0.25, 0.3) is 11.6 Å². The molecule has 30 heavy (non-hydrogen) atoms. The molecule has 0 amide bonds.